The average molecular weight is 338 g/mol. The number of fused-ring (bicyclic) bond motifs is 1. The number of aromatic amines is 1. The predicted octanol–water partition coefficient (Wildman–Crippen LogP) is 2.99. The van der Waals surface area contributed by atoms with E-state index in [-0.39, 0.29) is 0 Å². The number of nitrogens with one attached hydrogen (secondary N) is 2. The largest absolute Gasteiger partial charge is 0.465 e. The van der Waals surface area contributed by atoms with Gasteiger partial charge in [-0.3, -0.25) is 4.98 Å². The van der Waals surface area contributed by atoms with E-state index in [1.807, 2.05) is 42.5 Å². The highest BCUT2D eigenvalue weighted by molar-refractivity contribution is 6.13. The number of carboxylic acid groups (broad SMARTS) is 1. The van der Waals surface area contributed by atoms with Crippen molar-refractivity contribution in [3.8, 4) is 0 Å². The molecule has 0 aliphatic heterocycles. The van der Waals surface area contributed by atoms with Crippen molar-refractivity contribution in [1.82, 2.24) is 15.3 Å². The molecule has 3 rings (SSSR count). The summed E-state index contributed by atoms with van der Waals surface area (Å²) in [6.07, 6.45) is 3.00. The third-order valence-corrected chi connectivity index (χ3v) is 3.57. The molecule has 25 heavy (non-hydrogen) atoms. The van der Waals surface area contributed by atoms with Gasteiger partial charge in [-0.05, 0) is 12.1 Å². The van der Waals surface area contributed by atoms with Gasteiger partial charge >= 0.3 is 6.09 Å². The smallest absolute Gasteiger partial charge is 0.404 e. The van der Waals surface area contributed by atoms with Crippen LogP contribution in [0.2, 0.25) is 0 Å². The second kappa shape index (κ2) is 7.96. The van der Waals surface area contributed by atoms with Crippen LogP contribution in [-0.2, 0) is 4.84 Å². The lowest BCUT2D eigenvalue weighted by atomic mass is 10.1. The van der Waals surface area contributed by atoms with Crippen molar-refractivity contribution < 1.29 is 14.7 Å². The Morgan fingerprint density at radius 2 is 2.12 bits per heavy atom. The number of rotatable bonds is 7. The molecule has 0 spiro atoms. The topological polar surface area (TPSA) is 99.6 Å². The Morgan fingerprint density at radius 1 is 1.28 bits per heavy atom. The Labute approximate surface area is 144 Å². The zero-order valence-corrected chi connectivity index (χ0v) is 13.5. The second-order valence-corrected chi connectivity index (χ2v) is 5.37. The minimum atomic E-state index is -1.04. The van der Waals surface area contributed by atoms with E-state index in [1.165, 1.54) is 0 Å². The van der Waals surface area contributed by atoms with Crippen LogP contribution >= 0.6 is 0 Å². The summed E-state index contributed by atoms with van der Waals surface area (Å²) in [4.78, 5) is 23.2. The molecule has 0 radical (unpaired) electrons. The molecule has 0 aliphatic carbocycles. The molecule has 7 heteroatoms. The summed E-state index contributed by atoms with van der Waals surface area (Å²) in [5.41, 5.74) is 3.36. The zero-order valence-electron chi connectivity index (χ0n) is 13.5. The molecule has 0 saturated heterocycles. The maximum absolute atomic E-state index is 10.4. The molecule has 0 fully saturated rings. The fourth-order valence-corrected chi connectivity index (χ4v) is 2.40. The molecule has 2 heterocycles. The fourth-order valence-electron chi connectivity index (χ4n) is 2.40. The first-order chi connectivity index (χ1) is 12.2. The highest BCUT2D eigenvalue weighted by Gasteiger charge is 2.11. The van der Waals surface area contributed by atoms with Crippen molar-refractivity contribution in [3.63, 3.8) is 0 Å². The number of carbonyl (C=O) groups is 1. The van der Waals surface area contributed by atoms with Gasteiger partial charge in [0.25, 0.3) is 0 Å². The van der Waals surface area contributed by atoms with Crippen LogP contribution in [0.1, 0.15) is 17.7 Å². The van der Waals surface area contributed by atoms with E-state index < -0.39 is 6.09 Å². The van der Waals surface area contributed by atoms with Gasteiger partial charge in [0.2, 0.25) is 0 Å². The van der Waals surface area contributed by atoms with E-state index in [9.17, 15) is 4.79 Å². The first kappa shape index (κ1) is 16.5. The highest BCUT2D eigenvalue weighted by atomic mass is 16.6. The molecule has 0 atom stereocenters. The molecular weight excluding hydrogens is 320 g/mol. The van der Waals surface area contributed by atoms with Crippen molar-refractivity contribution in [3.05, 3.63) is 66.1 Å². The maximum atomic E-state index is 10.4. The molecule has 7 nitrogen and oxygen atoms in total. The van der Waals surface area contributed by atoms with Crippen molar-refractivity contribution in [2.45, 2.75) is 6.42 Å². The van der Waals surface area contributed by atoms with Gasteiger partial charge in [-0.1, -0.05) is 35.5 Å². The number of H-pyrrole nitrogens is 1. The molecule has 3 aromatic rings. The number of nitrogens with zero attached hydrogens (tertiary/aromatic N) is 2. The van der Waals surface area contributed by atoms with E-state index in [4.69, 9.17) is 9.94 Å². The lowest BCUT2D eigenvalue weighted by molar-refractivity contribution is 0.140. The standard InChI is InChI=1S/C18H18N4O3/c23-18(24)20-8-4-10-25-22-17(13-5-2-1-3-6-13)15-11-14-7-9-19-12-16(14)21-15/h1-3,5-7,9,11-12,20-21H,4,8,10H2,(H,23,24)/b22-17+. The molecule has 1 amide bonds. The Morgan fingerprint density at radius 3 is 2.88 bits per heavy atom. The van der Waals surface area contributed by atoms with Gasteiger partial charge in [-0.15, -0.1) is 0 Å². The summed E-state index contributed by atoms with van der Waals surface area (Å²) in [6, 6.07) is 13.6. The summed E-state index contributed by atoms with van der Waals surface area (Å²) in [6.45, 7) is 0.641. The van der Waals surface area contributed by atoms with Crippen molar-refractivity contribution in [2.24, 2.45) is 5.16 Å². The summed E-state index contributed by atoms with van der Waals surface area (Å²) in [5.74, 6) is 0. The molecule has 0 unspecified atom stereocenters. The minimum absolute atomic E-state index is 0.318. The quantitative estimate of drug-likeness (QED) is 0.350. The average Bonchev–Trinajstić information content (AvgIpc) is 3.05. The molecule has 2 aromatic heterocycles. The Bertz CT molecular complexity index is 841. The van der Waals surface area contributed by atoms with Crippen LogP contribution in [0, 0.1) is 0 Å². The molecular formula is C18H18N4O3. The molecule has 1 aromatic carbocycles. The summed E-state index contributed by atoms with van der Waals surface area (Å²) in [5, 5.41) is 16.1. The number of oxime groups is 1. The molecule has 128 valence electrons. The van der Waals surface area contributed by atoms with Gasteiger partial charge in [0, 0.05) is 30.1 Å². The summed E-state index contributed by atoms with van der Waals surface area (Å²) in [7, 11) is 0. The first-order valence-corrected chi connectivity index (χ1v) is 7.89. The SMILES string of the molecule is O=C(O)NCCCO/N=C(\c1ccccc1)c1cc2ccncc2[nH]1. The lowest BCUT2D eigenvalue weighted by Crippen LogP contribution is -2.22. The second-order valence-electron chi connectivity index (χ2n) is 5.37. The minimum Gasteiger partial charge on any atom is -0.465 e. The Kier molecular flexibility index (Phi) is 5.26. The number of hydrogen-bond acceptors (Lipinski definition) is 4. The molecule has 3 N–H and O–H groups in total. The van der Waals surface area contributed by atoms with Gasteiger partial charge in [-0.25, -0.2) is 4.79 Å². The van der Waals surface area contributed by atoms with E-state index in [2.05, 4.69) is 20.4 Å². The monoisotopic (exact) mass is 338 g/mol. The van der Waals surface area contributed by atoms with E-state index in [1.54, 1.807) is 12.4 Å². The van der Waals surface area contributed by atoms with Gasteiger partial charge in [0.05, 0.1) is 17.4 Å². The van der Waals surface area contributed by atoms with Gasteiger partial charge in [-0.2, -0.15) is 0 Å². The molecule has 0 saturated carbocycles. The third kappa shape index (κ3) is 4.35. The predicted molar refractivity (Wildman–Crippen MR) is 94.8 cm³/mol. The number of aromatic nitrogens is 2. The van der Waals surface area contributed by atoms with Gasteiger partial charge < -0.3 is 20.2 Å². The van der Waals surface area contributed by atoms with Crippen molar-refractivity contribution in [1.29, 1.82) is 0 Å². The zero-order chi connectivity index (χ0) is 17.5. The van der Waals surface area contributed by atoms with Crippen LogP contribution in [0.25, 0.3) is 10.9 Å². The third-order valence-electron chi connectivity index (χ3n) is 3.57. The van der Waals surface area contributed by atoms with E-state index in [0.717, 1.165) is 22.2 Å². The van der Waals surface area contributed by atoms with Crippen LogP contribution in [0.5, 0.6) is 0 Å². The van der Waals surface area contributed by atoms with Crippen LogP contribution < -0.4 is 5.32 Å². The number of hydrogen-bond donors (Lipinski definition) is 3. The first-order valence-electron chi connectivity index (χ1n) is 7.89. The van der Waals surface area contributed by atoms with Crippen LogP contribution in [0.4, 0.5) is 4.79 Å². The van der Waals surface area contributed by atoms with Crippen LogP contribution in [0.15, 0.2) is 60.0 Å². The Balaban J connectivity index is 1.78. The highest BCUT2D eigenvalue weighted by Crippen LogP contribution is 2.17. The van der Waals surface area contributed by atoms with E-state index >= 15 is 0 Å². The summed E-state index contributed by atoms with van der Waals surface area (Å²) < 4.78 is 0. The fraction of sp³-hybridized carbons (Fsp3) is 0.167. The normalized spacial score (nSPS) is 11.4. The number of amides is 1. The lowest BCUT2D eigenvalue weighted by Gasteiger charge is -2.06. The number of benzene rings is 1. The summed E-state index contributed by atoms with van der Waals surface area (Å²) >= 11 is 0. The maximum Gasteiger partial charge on any atom is 0.404 e. The van der Waals surface area contributed by atoms with Crippen molar-refractivity contribution >= 4 is 22.7 Å². The Hall–Kier alpha value is -3.35. The van der Waals surface area contributed by atoms with Crippen LogP contribution in [0.3, 0.4) is 0 Å². The van der Waals surface area contributed by atoms with E-state index in [0.29, 0.717) is 25.3 Å². The molecule has 0 bridgehead atoms. The van der Waals surface area contributed by atoms with Gasteiger partial charge in [0.15, 0.2) is 0 Å². The van der Waals surface area contributed by atoms with Gasteiger partial charge in [0.1, 0.15) is 12.3 Å². The van der Waals surface area contributed by atoms with Crippen LogP contribution in [-0.4, -0.2) is 40.0 Å². The number of pyridine rings is 1. The van der Waals surface area contributed by atoms with Crippen molar-refractivity contribution in [2.75, 3.05) is 13.2 Å². The molecule has 0 aliphatic rings.